The van der Waals surface area contributed by atoms with E-state index in [-0.39, 0.29) is 0 Å². The molecule has 1 aromatic carbocycles. The van der Waals surface area contributed by atoms with E-state index in [9.17, 15) is 0 Å². The molecule has 3 N–H and O–H groups in total. The molecule has 0 amide bonds. The van der Waals surface area contributed by atoms with Gasteiger partial charge in [0.05, 0.1) is 17.9 Å². The molecule has 0 fully saturated rings. The maximum absolute atomic E-state index is 5.99. The molecule has 2 heterocycles. The summed E-state index contributed by atoms with van der Waals surface area (Å²) in [4.78, 5) is 1.11. The Bertz CT molecular complexity index is 686. The van der Waals surface area contributed by atoms with Gasteiger partial charge in [0.2, 0.25) is 0 Å². The van der Waals surface area contributed by atoms with E-state index in [1.807, 2.05) is 48.7 Å². The highest BCUT2D eigenvalue weighted by Crippen LogP contribution is 2.37. The molecule has 0 aliphatic rings. The Labute approximate surface area is 121 Å². The minimum Gasteiger partial charge on any atom is -0.494 e. The largest absolute Gasteiger partial charge is 0.494 e. The van der Waals surface area contributed by atoms with Gasteiger partial charge in [-0.15, -0.1) is 11.3 Å². The molecule has 0 atom stereocenters. The highest BCUT2D eigenvalue weighted by molar-refractivity contribution is 7.13. The Kier molecular flexibility index (Phi) is 3.43. The summed E-state index contributed by atoms with van der Waals surface area (Å²) in [5, 5.41) is 9.19. The SMILES string of the molecule is CCOc1ccc(-c2[nH]nc(N)c2-c2cccs2)cc1. The third-order valence-corrected chi connectivity index (χ3v) is 3.90. The maximum atomic E-state index is 5.99. The summed E-state index contributed by atoms with van der Waals surface area (Å²) < 4.78 is 5.46. The number of aromatic nitrogens is 2. The number of nitrogens with two attached hydrogens (primary N) is 1. The van der Waals surface area contributed by atoms with Gasteiger partial charge in [0.25, 0.3) is 0 Å². The topological polar surface area (TPSA) is 63.9 Å². The third-order valence-electron chi connectivity index (χ3n) is 3.02. The standard InChI is InChI=1S/C15H15N3OS/c1-2-19-11-7-5-10(6-8-11)14-13(15(16)18-17-14)12-4-3-9-20-12/h3-9H,2H2,1H3,(H3,16,17,18). The zero-order valence-corrected chi connectivity index (χ0v) is 11.9. The van der Waals surface area contributed by atoms with Gasteiger partial charge >= 0.3 is 0 Å². The first-order chi connectivity index (χ1) is 9.79. The first kappa shape index (κ1) is 12.7. The molecule has 3 aromatic rings. The molecule has 102 valence electrons. The Morgan fingerprint density at radius 3 is 2.70 bits per heavy atom. The van der Waals surface area contributed by atoms with Crippen LogP contribution in [0.2, 0.25) is 0 Å². The molecular weight excluding hydrogens is 270 g/mol. The number of rotatable bonds is 4. The minimum atomic E-state index is 0.524. The number of thiophene rings is 1. The molecule has 0 aliphatic heterocycles. The van der Waals surface area contributed by atoms with E-state index < -0.39 is 0 Å². The number of H-pyrrole nitrogens is 1. The summed E-state index contributed by atoms with van der Waals surface area (Å²) in [6, 6.07) is 12.0. The number of nitrogens with one attached hydrogen (secondary N) is 1. The molecule has 0 radical (unpaired) electrons. The van der Waals surface area contributed by atoms with Crippen molar-refractivity contribution in [3.05, 3.63) is 41.8 Å². The summed E-state index contributed by atoms with van der Waals surface area (Å²) in [7, 11) is 0. The van der Waals surface area contributed by atoms with Crippen molar-refractivity contribution in [2.45, 2.75) is 6.92 Å². The zero-order valence-electron chi connectivity index (χ0n) is 11.1. The van der Waals surface area contributed by atoms with Crippen LogP contribution < -0.4 is 10.5 Å². The van der Waals surface area contributed by atoms with Crippen molar-refractivity contribution in [2.75, 3.05) is 12.3 Å². The monoisotopic (exact) mass is 285 g/mol. The van der Waals surface area contributed by atoms with Crippen molar-refractivity contribution in [1.82, 2.24) is 10.2 Å². The molecule has 0 spiro atoms. The van der Waals surface area contributed by atoms with Crippen molar-refractivity contribution in [2.24, 2.45) is 0 Å². The van der Waals surface area contributed by atoms with Crippen molar-refractivity contribution >= 4 is 17.2 Å². The second-order valence-electron chi connectivity index (χ2n) is 4.29. The lowest BCUT2D eigenvalue weighted by Gasteiger charge is -2.05. The number of aromatic amines is 1. The molecule has 0 saturated heterocycles. The highest BCUT2D eigenvalue weighted by Gasteiger charge is 2.15. The van der Waals surface area contributed by atoms with E-state index in [0.717, 1.165) is 27.4 Å². The lowest BCUT2D eigenvalue weighted by molar-refractivity contribution is 0.340. The van der Waals surface area contributed by atoms with Crippen LogP contribution in [0.1, 0.15) is 6.92 Å². The second-order valence-corrected chi connectivity index (χ2v) is 5.24. The zero-order chi connectivity index (χ0) is 13.9. The molecule has 2 aromatic heterocycles. The molecule has 0 saturated carbocycles. The van der Waals surface area contributed by atoms with Gasteiger partial charge < -0.3 is 10.5 Å². The van der Waals surface area contributed by atoms with Gasteiger partial charge in [-0.3, -0.25) is 5.10 Å². The average Bonchev–Trinajstić information content (AvgIpc) is 3.09. The quantitative estimate of drug-likeness (QED) is 0.766. The fourth-order valence-electron chi connectivity index (χ4n) is 2.12. The van der Waals surface area contributed by atoms with E-state index in [2.05, 4.69) is 10.2 Å². The van der Waals surface area contributed by atoms with E-state index in [4.69, 9.17) is 10.5 Å². The van der Waals surface area contributed by atoms with Gasteiger partial charge in [-0.1, -0.05) is 6.07 Å². The highest BCUT2D eigenvalue weighted by atomic mass is 32.1. The van der Waals surface area contributed by atoms with Crippen LogP contribution in [0, 0.1) is 0 Å². The van der Waals surface area contributed by atoms with Crippen LogP contribution >= 0.6 is 11.3 Å². The molecule has 0 unspecified atom stereocenters. The Morgan fingerprint density at radius 2 is 2.05 bits per heavy atom. The van der Waals surface area contributed by atoms with E-state index >= 15 is 0 Å². The molecular formula is C15H15N3OS. The summed E-state index contributed by atoms with van der Waals surface area (Å²) in [6.07, 6.45) is 0. The molecule has 4 nitrogen and oxygen atoms in total. The van der Waals surface area contributed by atoms with Gasteiger partial charge in [-0.25, -0.2) is 0 Å². The van der Waals surface area contributed by atoms with Crippen LogP contribution in [0.5, 0.6) is 5.75 Å². The van der Waals surface area contributed by atoms with Crippen LogP contribution in [0.25, 0.3) is 21.7 Å². The third kappa shape index (κ3) is 2.28. The van der Waals surface area contributed by atoms with Crippen LogP contribution in [0.3, 0.4) is 0 Å². The van der Waals surface area contributed by atoms with Crippen LogP contribution in [0.4, 0.5) is 5.82 Å². The van der Waals surface area contributed by atoms with E-state index in [0.29, 0.717) is 12.4 Å². The first-order valence-corrected chi connectivity index (χ1v) is 7.28. The number of benzene rings is 1. The predicted molar refractivity (Wildman–Crippen MR) is 82.9 cm³/mol. The lowest BCUT2D eigenvalue weighted by Crippen LogP contribution is -1.91. The van der Waals surface area contributed by atoms with E-state index in [1.165, 1.54) is 0 Å². The molecule has 0 aliphatic carbocycles. The lowest BCUT2D eigenvalue weighted by atomic mass is 10.1. The van der Waals surface area contributed by atoms with Crippen molar-refractivity contribution < 1.29 is 4.74 Å². The predicted octanol–water partition coefficient (Wildman–Crippen LogP) is 3.79. The van der Waals surface area contributed by atoms with Gasteiger partial charge in [-0.2, -0.15) is 5.10 Å². The summed E-state index contributed by atoms with van der Waals surface area (Å²) in [6.45, 7) is 2.63. The summed E-state index contributed by atoms with van der Waals surface area (Å²) >= 11 is 1.65. The van der Waals surface area contributed by atoms with Crippen molar-refractivity contribution in [3.63, 3.8) is 0 Å². The smallest absolute Gasteiger partial charge is 0.154 e. The fourth-order valence-corrected chi connectivity index (χ4v) is 2.90. The number of ether oxygens (including phenoxy) is 1. The Hall–Kier alpha value is -2.27. The summed E-state index contributed by atoms with van der Waals surface area (Å²) in [5.41, 5.74) is 8.93. The second kappa shape index (κ2) is 5.38. The van der Waals surface area contributed by atoms with Crippen molar-refractivity contribution in [1.29, 1.82) is 0 Å². The number of hydrogen-bond donors (Lipinski definition) is 2. The molecule has 3 rings (SSSR count). The van der Waals surface area contributed by atoms with Gasteiger partial charge in [0.1, 0.15) is 5.75 Å². The van der Waals surface area contributed by atoms with Gasteiger partial charge in [0, 0.05) is 10.4 Å². The van der Waals surface area contributed by atoms with Gasteiger partial charge in [-0.05, 0) is 42.6 Å². The molecule has 20 heavy (non-hydrogen) atoms. The van der Waals surface area contributed by atoms with Crippen LogP contribution in [0.15, 0.2) is 41.8 Å². The van der Waals surface area contributed by atoms with Gasteiger partial charge in [0.15, 0.2) is 5.82 Å². The Balaban J connectivity index is 2.02. The molecule has 5 heteroatoms. The van der Waals surface area contributed by atoms with E-state index in [1.54, 1.807) is 11.3 Å². The number of hydrogen-bond acceptors (Lipinski definition) is 4. The minimum absolute atomic E-state index is 0.524. The van der Waals surface area contributed by atoms with Crippen molar-refractivity contribution in [3.8, 4) is 27.4 Å². The first-order valence-electron chi connectivity index (χ1n) is 6.40. The number of nitrogens with zero attached hydrogens (tertiary/aromatic N) is 1. The van der Waals surface area contributed by atoms with Crippen LogP contribution in [-0.4, -0.2) is 16.8 Å². The molecule has 0 bridgehead atoms. The maximum Gasteiger partial charge on any atom is 0.154 e. The average molecular weight is 285 g/mol. The fraction of sp³-hybridized carbons (Fsp3) is 0.133. The summed E-state index contributed by atoms with van der Waals surface area (Å²) in [5.74, 6) is 1.39. The number of anilines is 1. The van der Waals surface area contributed by atoms with Crippen LogP contribution in [-0.2, 0) is 0 Å². The number of nitrogen functional groups attached to an aromatic ring is 1. The normalized spacial score (nSPS) is 10.7. The Morgan fingerprint density at radius 1 is 1.25 bits per heavy atom.